The molecular weight excluding hydrogens is 334 g/mol. The number of carbonyl (C=O) groups is 1. The molecule has 26 heavy (non-hydrogen) atoms. The lowest BCUT2D eigenvalue weighted by Gasteiger charge is -2.24. The molecule has 0 spiro atoms. The van der Waals surface area contributed by atoms with Crippen LogP contribution in [0.15, 0.2) is 51.7 Å². The summed E-state index contributed by atoms with van der Waals surface area (Å²) in [6.45, 7) is 1.68. The van der Waals surface area contributed by atoms with Gasteiger partial charge in [0.15, 0.2) is 5.43 Å². The Balaban J connectivity index is 2.03. The number of fused-ring (bicyclic) bond motifs is 2. The van der Waals surface area contributed by atoms with Gasteiger partial charge in [0, 0.05) is 6.54 Å². The molecule has 1 aliphatic heterocycles. The van der Waals surface area contributed by atoms with Crippen LogP contribution in [0.1, 0.15) is 33.3 Å². The Labute approximate surface area is 148 Å². The third-order valence-electron chi connectivity index (χ3n) is 4.65. The summed E-state index contributed by atoms with van der Waals surface area (Å²) in [6.07, 6.45) is 0. The fourth-order valence-electron chi connectivity index (χ4n) is 3.51. The van der Waals surface area contributed by atoms with E-state index in [2.05, 4.69) is 0 Å². The van der Waals surface area contributed by atoms with E-state index in [4.69, 9.17) is 4.42 Å². The summed E-state index contributed by atoms with van der Waals surface area (Å²) in [5.41, 5.74) is 1.83. The third-order valence-corrected chi connectivity index (χ3v) is 4.65. The summed E-state index contributed by atoms with van der Waals surface area (Å²) in [5, 5.41) is 19.6. The van der Waals surface area contributed by atoms with E-state index in [0.29, 0.717) is 16.5 Å². The van der Waals surface area contributed by atoms with Gasteiger partial charge in [-0.15, -0.1) is 0 Å². The molecule has 0 saturated heterocycles. The van der Waals surface area contributed by atoms with Gasteiger partial charge in [-0.3, -0.25) is 9.59 Å². The summed E-state index contributed by atoms with van der Waals surface area (Å²) in [5.74, 6) is -0.413. The van der Waals surface area contributed by atoms with Crippen molar-refractivity contribution in [3.05, 3.63) is 75.1 Å². The van der Waals surface area contributed by atoms with Crippen LogP contribution in [-0.4, -0.2) is 34.2 Å². The number of aliphatic hydroxyl groups is 1. The van der Waals surface area contributed by atoms with Crippen LogP contribution in [0.5, 0.6) is 5.75 Å². The Morgan fingerprint density at radius 3 is 2.69 bits per heavy atom. The first-order chi connectivity index (χ1) is 12.5. The normalized spacial score (nSPS) is 16.3. The molecule has 2 heterocycles. The molecule has 4 rings (SSSR count). The van der Waals surface area contributed by atoms with Crippen LogP contribution in [0.4, 0.5) is 0 Å². The quantitative estimate of drug-likeness (QED) is 0.756. The second-order valence-electron chi connectivity index (χ2n) is 6.39. The molecule has 2 aromatic carbocycles. The van der Waals surface area contributed by atoms with Gasteiger partial charge in [-0.05, 0) is 36.8 Å². The van der Waals surface area contributed by atoms with Crippen molar-refractivity contribution in [3.8, 4) is 5.75 Å². The van der Waals surface area contributed by atoms with E-state index in [-0.39, 0.29) is 35.7 Å². The summed E-state index contributed by atoms with van der Waals surface area (Å²) < 4.78 is 5.78. The number of rotatable bonds is 3. The van der Waals surface area contributed by atoms with E-state index in [1.54, 1.807) is 24.3 Å². The number of phenolic OH excluding ortho intramolecular Hbond substituents is 1. The lowest BCUT2D eigenvalue weighted by molar-refractivity contribution is 0.0691. The lowest BCUT2D eigenvalue weighted by atomic mass is 9.98. The van der Waals surface area contributed by atoms with Gasteiger partial charge >= 0.3 is 0 Å². The van der Waals surface area contributed by atoms with Crippen molar-refractivity contribution in [1.82, 2.24) is 4.90 Å². The van der Waals surface area contributed by atoms with E-state index in [0.717, 1.165) is 5.56 Å². The molecule has 1 atom stereocenters. The van der Waals surface area contributed by atoms with E-state index < -0.39 is 11.9 Å². The Bertz CT molecular complexity index is 1090. The molecule has 2 N–H and O–H groups in total. The molecule has 132 valence electrons. The number of hydrogen-bond donors (Lipinski definition) is 2. The smallest absolute Gasteiger partial charge is 0.290 e. The summed E-state index contributed by atoms with van der Waals surface area (Å²) >= 11 is 0. The van der Waals surface area contributed by atoms with Gasteiger partial charge in [0.1, 0.15) is 11.3 Å². The molecule has 6 heteroatoms. The van der Waals surface area contributed by atoms with Crippen molar-refractivity contribution in [2.24, 2.45) is 0 Å². The number of hydrogen-bond acceptors (Lipinski definition) is 5. The lowest BCUT2D eigenvalue weighted by Crippen LogP contribution is -2.32. The van der Waals surface area contributed by atoms with Crippen molar-refractivity contribution in [2.45, 2.75) is 13.0 Å². The van der Waals surface area contributed by atoms with Crippen LogP contribution in [0, 0.1) is 6.92 Å². The Morgan fingerprint density at radius 1 is 1.15 bits per heavy atom. The number of phenols is 1. The molecule has 0 unspecified atom stereocenters. The van der Waals surface area contributed by atoms with Gasteiger partial charge in [0.2, 0.25) is 5.76 Å². The second kappa shape index (κ2) is 6.00. The van der Waals surface area contributed by atoms with Crippen molar-refractivity contribution in [2.75, 3.05) is 13.2 Å². The predicted molar refractivity (Wildman–Crippen MR) is 95.3 cm³/mol. The summed E-state index contributed by atoms with van der Waals surface area (Å²) in [7, 11) is 0. The van der Waals surface area contributed by atoms with Gasteiger partial charge in [0.25, 0.3) is 5.91 Å². The number of aliphatic hydroxyl groups excluding tert-OH is 1. The van der Waals surface area contributed by atoms with Crippen molar-refractivity contribution < 1.29 is 19.4 Å². The molecule has 0 radical (unpaired) electrons. The number of amides is 1. The molecule has 6 nitrogen and oxygen atoms in total. The zero-order valence-electron chi connectivity index (χ0n) is 14.1. The third kappa shape index (κ3) is 2.38. The SMILES string of the molecule is Cc1ccc2oc3c(c(=O)c2c1)[C@@H](c1cccc(O)c1)N(CCO)C3=O. The Kier molecular flexibility index (Phi) is 3.77. The van der Waals surface area contributed by atoms with E-state index in [1.807, 2.05) is 13.0 Å². The van der Waals surface area contributed by atoms with E-state index in [9.17, 15) is 19.8 Å². The van der Waals surface area contributed by atoms with Crippen LogP contribution < -0.4 is 5.43 Å². The number of β-amino-alcohol motifs (C(OH)–C–C–N with tert-alkyl or cyclic N) is 1. The van der Waals surface area contributed by atoms with Gasteiger partial charge < -0.3 is 19.5 Å². The van der Waals surface area contributed by atoms with Gasteiger partial charge in [-0.2, -0.15) is 0 Å². The molecule has 0 bridgehead atoms. The molecule has 1 amide bonds. The zero-order chi connectivity index (χ0) is 18.4. The largest absolute Gasteiger partial charge is 0.508 e. The minimum absolute atomic E-state index is 0.00635. The highest BCUT2D eigenvalue weighted by atomic mass is 16.3. The van der Waals surface area contributed by atoms with E-state index in [1.165, 1.54) is 17.0 Å². The van der Waals surface area contributed by atoms with Crippen molar-refractivity contribution in [3.63, 3.8) is 0 Å². The van der Waals surface area contributed by atoms with Crippen molar-refractivity contribution >= 4 is 16.9 Å². The van der Waals surface area contributed by atoms with Gasteiger partial charge in [-0.1, -0.05) is 23.8 Å². The molecule has 0 fully saturated rings. The van der Waals surface area contributed by atoms with Gasteiger partial charge in [0.05, 0.1) is 23.6 Å². The summed E-state index contributed by atoms with van der Waals surface area (Å²) in [6, 6.07) is 10.9. The number of aryl methyl sites for hydroxylation is 1. The number of benzene rings is 2. The maximum absolute atomic E-state index is 13.2. The number of carbonyl (C=O) groups excluding carboxylic acids is 1. The van der Waals surface area contributed by atoms with E-state index >= 15 is 0 Å². The maximum Gasteiger partial charge on any atom is 0.290 e. The monoisotopic (exact) mass is 351 g/mol. The molecule has 0 saturated carbocycles. The standard InChI is InChI=1S/C20H17NO5/c1-11-5-6-15-14(9-11)18(24)16-17(12-3-2-4-13(23)10-12)21(7-8-22)20(25)19(16)26-15/h2-6,9-10,17,22-23H,7-8H2,1H3/t17-/m1/s1. The Hall–Kier alpha value is -3.12. The average molecular weight is 351 g/mol. The van der Waals surface area contributed by atoms with Crippen LogP contribution in [-0.2, 0) is 0 Å². The average Bonchev–Trinajstić information content (AvgIpc) is 2.89. The highest BCUT2D eigenvalue weighted by molar-refractivity contribution is 5.99. The first-order valence-electron chi connectivity index (χ1n) is 8.29. The van der Waals surface area contributed by atoms with Gasteiger partial charge in [-0.25, -0.2) is 0 Å². The Morgan fingerprint density at radius 2 is 1.96 bits per heavy atom. The topological polar surface area (TPSA) is 91.0 Å². The minimum atomic E-state index is -0.710. The molecular formula is C20H17NO5. The molecule has 3 aromatic rings. The van der Waals surface area contributed by atoms with Crippen LogP contribution >= 0.6 is 0 Å². The second-order valence-corrected chi connectivity index (χ2v) is 6.39. The maximum atomic E-state index is 13.2. The van der Waals surface area contributed by atoms with Crippen LogP contribution in [0.3, 0.4) is 0 Å². The van der Waals surface area contributed by atoms with Crippen LogP contribution in [0.2, 0.25) is 0 Å². The number of nitrogens with zero attached hydrogens (tertiary/aromatic N) is 1. The minimum Gasteiger partial charge on any atom is -0.508 e. The first-order valence-corrected chi connectivity index (χ1v) is 8.29. The highest BCUT2D eigenvalue weighted by Gasteiger charge is 2.42. The number of aromatic hydroxyl groups is 1. The molecule has 0 aliphatic carbocycles. The predicted octanol–water partition coefficient (Wildman–Crippen LogP) is 2.34. The molecule has 1 aromatic heterocycles. The molecule has 1 aliphatic rings. The first kappa shape index (κ1) is 16.4. The van der Waals surface area contributed by atoms with Crippen LogP contribution in [0.25, 0.3) is 11.0 Å². The fourth-order valence-corrected chi connectivity index (χ4v) is 3.51. The zero-order valence-corrected chi connectivity index (χ0v) is 14.1. The van der Waals surface area contributed by atoms with Crippen molar-refractivity contribution in [1.29, 1.82) is 0 Å². The fraction of sp³-hybridized carbons (Fsp3) is 0.200. The summed E-state index contributed by atoms with van der Waals surface area (Å²) in [4.78, 5) is 27.4. The highest BCUT2D eigenvalue weighted by Crippen LogP contribution is 2.38.